The average Bonchev–Trinajstić information content (AvgIpc) is 2.04. The Morgan fingerprint density at radius 2 is 2.15 bits per heavy atom. The van der Waals surface area contributed by atoms with Crippen LogP contribution < -0.4 is 5.73 Å². The van der Waals surface area contributed by atoms with Gasteiger partial charge >= 0.3 is 0 Å². The van der Waals surface area contributed by atoms with Gasteiger partial charge in [0.25, 0.3) is 0 Å². The summed E-state index contributed by atoms with van der Waals surface area (Å²) >= 11 is 6.03. The lowest BCUT2D eigenvalue weighted by molar-refractivity contribution is 0.503. The zero-order valence-electron chi connectivity index (χ0n) is 7.76. The highest BCUT2D eigenvalue weighted by Gasteiger charge is 2.21. The molecule has 0 bridgehead atoms. The zero-order chi connectivity index (χ0) is 9.90. The fourth-order valence-corrected chi connectivity index (χ4v) is 1.69. The summed E-state index contributed by atoms with van der Waals surface area (Å²) in [4.78, 5) is 0. The number of nitrogens with two attached hydrogens (primary N) is 1. The van der Waals surface area contributed by atoms with Crippen molar-refractivity contribution >= 4 is 11.6 Å². The van der Waals surface area contributed by atoms with Gasteiger partial charge in [-0.2, -0.15) is 0 Å². The standard InChI is InChI=1S/C11H14ClN/c1-3-8-11(2,13)9-6-4-5-7-10(9)12/h3-7H,1,8,13H2,2H3/t11-/m1/s1. The molecule has 0 aromatic heterocycles. The minimum absolute atomic E-state index is 0.417. The van der Waals surface area contributed by atoms with E-state index in [4.69, 9.17) is 17.3 Å². The highest BCUT2D eigenvalue weighted by atomic mass is 35.5. The minimum atomic E-state index is -0.417. The summed E-state index contributed by atoms with van der Waals surface area (Å²) < 4.78 is 0. The maximum atomic E-state index is 6.09. The molecule has 0 saturated carbocycles. The maximum absolute atomic E-state index is 6.09. The predicted octanol–water partition coefficient (Wildman–Crippen LogP) is 3.09. The van der Waals surface area contributed by atoms with E-state index in [0.717, 1.165) is 12.0 Å². The molecule has 0 spiro atoms. The van der Waals surface area contributed by atoms with Gasteiger partial charge in [-0.25, -0.2) is 0 Å². The minimum Gasteiger partial charge on any atom is -0.321 e. The van der Waals surface area contributed by atoms with Crippen LogP contribution in [0.1, 0.15) is 18.9 Å². The van der Waals surface area contributed by atoms with Crippen molar-refractivity contribution in [2.45, 2.75) is 18.9 Å². The van der Waals surface area contributed by atoms with E-state index in [1.54, 1.807) is 0 Å². The fourth-order valence-electron chi connectivity index (χ4n) is 1.33. The number of hydrogen-bond donors (Lipinski definition) is 1. The Balaban J connectivity index is 3.06. The molecule has 70 valence electrons. The lowest BCUT2D eigenvalue weighted by Gasteiger charge is -2.24. The van der Waals surface area contributed by atoms with Crippen molar-refractivity contribution in [3.63, 3.8) is 0 Å². The first-order valence-electron chi connectivity index (χ1n) is 4.23. The smallest absolute Gasteiger partial charge is 0.0456 e. The van der Waals surface area contributed by atoms with Crippen LogP contribution in [-0.2, 0) is 5.54 Å². The van der Waals surface area contributed by atoms with Crippen molar-refractivity contribution in [2.75, 3.05) is 0 Å². The normalized spacial score (nSPS) is 15.0. The van der Waals surface area contributed by atoms with E-state index < -0.39 is 5.54 Å². The summed E-state index contributed by atoms with van der Waals surface area (Å²) in [5.74, 6) is 0. The molecule has 2 N–H and O–H groups in total. The van der Waals surface area contributed by atoms with E-state index in [1.807, 2.05) is 37.3 Å². The molecular weight excluding hydrogens is 182 g/mol. The second-order valence-corrected chi connectivity index (χ2v) is 3.80. The lowest BCUT2D eigenvalue weighted by Crippen LogP contribution is -2.32. The molecule has 1 nitrogen and oxygen atoms in total. The second-order valence-electron chi connectivity index (χ2n) is 3.39. The molecule has 0 saturated heterocycles. The Kier molecular flexibility index (Phi) is 3.12. The van der Waals surface area contributed by atoms with Crippen LogP contribution in [0.4, 0.5) is 0 Å². The molecular formula is C11H14ClN. The molecule has 0 heterocycles. The van der Waals surface area contributed by atoms with Gasteiger partial charge in [-0.1, -0.05) is 35.9 Å². The molecule has 0 aliphatic heterocycles. The lowest BCUT2D eigenvalue weighted by atomic mass is 9.90. The Morgan fingerprint density at radius 3 is 2.69 bits per heavy atom. The van der Waals surface area contributed by atoms with Gasteiger partial charge in [-0.3, -0.25) is 0 Å². The average molecular weight is 196 g/mol. The Morgan fingerprint density at radius 1 is 1.54 bits per heavy atom. The molecule has 1 aromatic rings. The quantitative estimate of drug-likeness (QED) is 0.738. The summed E-state index contributed by atoms with van der Waals surface area (Å²) in [6.45, 7) is 5.63. The van der Waals surface area contributed by atoms with Crippen LogP contribution in [0.25, 0.3) is 0 Å². The van der Waals surface area contributed by atoms with Crippen LogP contribution in [0.3, 0.4) is 0 Å². The Bertz CT molecular complexity index is 305. The van der Waals surface area contributed by atoms with Crippen LogP contribution >= 0.6 is 11.6 Å². The molecule has 0 radical (unpaired) electrons. The molecule has 1 atom stereocenters. The molecule has 1 rings (SSSR count). The van der Waals surface area contributed by atoms with Crippen LogP contribution in [0.2, 0.25) is 5.02 Å². The topological polar surface area (TPSA) is 26.0 Å². The molecule has 0 unspecified atom stereocenters. The van der Waals surface area contributed by atoms with Gasteiger partial charge in [-0.05, 0) is 25.0 Å². The molecule has 0 aliphatic carbocycles. The first-order valence-corrected chi connectivity index (χ1v) is 4.60. The van der Waals surface area contributed by atoms with Gasteiger partial charge in [0.15, 0.2) is 0 Å². The van der Waals surface area contributed by atoms with Crippen molar-refractivity contribution in [3.05, 3.63) is 47.5 Å². The van der Waals surface area contributed by atoms with E-state index in [9.17, 15) is 0 Å². The van der Waals surface area contributed by atoms with E-state index in [-0.39, 0.29) is 0 Å². The third kappa shape index (κ3) is 2.33. The number of halogens is 1. The molecule has 2 heteroatoms. The van der Waals surface area contributed by atoms with Crippen LogP contribution in [-0.4, -0.2) is 0 Å². The van der Waals surface area contributed by atoms with E-state index in [2.05, 4.69) is 6.58 Å². The van der Waals surface area contributed by atoms with Crippen molar-refractivity contribution in [1.82, 2.24) is 0 Å². The van der Waals surface area contributed by atoms with E-state index in [1.165, 1.54) is 0 Å². The van der Waals surface area contributed by atoms with E-state index >= 15 is 0 Å². The van der Waals surface area contributed by atoms with Crippen molar-refractivity contribution in [3.8, 4) is 0 Å². The monoisotopic (exact) mass is 195 g/mol. The first kappa shape index (κ1) is 10.3. The number of hydrogen-bond acceptors (Lipinski definition) is 1. The molecule has 1 aromatic carbocycles. The van der Waals surface area contributed by atoms with Gasteiger partial charge < -0.3 is 5.73 Å². The third-order valence-electron chi connectivity index (χ3n) is 2.06. The summed E-state index contributed by atoms with van der Waals surface area (Å²) in [5.41, 5.74) is 6.65. The molecule has 0 fully saturated rings. The summed E-state index contributed by atoms with van der Waals surface area (Å²) in [5, 5.41) is 0.717. The summed E-state index contributed by atoms with van der Waals surface area (Å²) in [6.07, 6.45) is 2.53. The van der Waals surface area contributed by atoms with Crippen LogP contribution in [0, 0.1) is 0 Å². The highest BCUT2D eigenvalue weighted by Crippen LogP contribution is 2.28. The van der Waals surface area contributed by atoms with E-state index in [0.29, 0.717) is 5.02 Å². The van der Waals surface area contributed by atoms with Crippen LogP contribution in [0.15, 0.2) is 36.9 Å². The fraction of sp³-hybridized carbons (Fsp3) is 0.273. The largest absolute Gasteiger partial charge is 0.321 e. The summed E-state index contributed by atoms with van der Waals surface area (Å²) in [7, 11) is 0. The van der Waals surface area contributed by atoms with Crippen molar-refractivity contribution in [2.24, 2.45) is 5.73 Å². The molecule has 13 heavy (non-hydrogen) atoms. The first-order chi connectivity index (χ1) is 6.08. The maximum Gasteiger partial charge on any atom is 0.0456 e. The van der Waals surface area contributed by atoms with Gasteiger partial charge in [0.2, 0.25) is 0 Å². The Labute approximate surface area is 84.2 Å². The highest BCUT2D eigenvalue weighted by molar-refractivity contribution is 6.31. The van der Waals surface area contributed by atoms with Gasteiger partial charge in [-0.15, -0.1) is 6.58 Å². The SMILES string of the molecule is C=CC[C@@](C)(N)c1ccccc1Cl. The predicted molar refractivity (Wildman–Crippen MR) is 57.8 cm³/mol. The van der Waals surface area contributed by atoms with Gasteiger partial charge in [0.1, 0.15) is 0 Å². The Hall–Kier alpha value is -0.790. The number of benzene rings is 1. The van der Waals surface area contributed by atoms with Crippen molar-refractivity contribution in [1.29, 1.82) is 0 Å². The van der Waals surface area contributed by atoms with Crippen LogP contribution in [0.5, 0.6) is 0 Å². The summed E-state index contributed by atoms with van der Waals surface area (Å²) in [6, 6.07) is 7.64. The second kappa shape index (κ2) is 3.95. The van der Waals surface area contributed by atoms with Gasteiger partial charge in [0.05, 0.1) is 0 Å². The van der Waals surface area contributed by atoms with Crippen molar-refractivity contribution < 1.29 is 0 Å². The zero-order valence-corrected chi connectivity index (χ0v) is 8.51. The third-order valence-corrected chi connectivity index (χ3v) is 2.39. The number of rotatable bonds is 3. The molecule has 0 aliphatic rings. The molecule has 0 amide bonds. The van der Waals surface area contributed by atoms with Gasteiger partial charge in [0, 0.05) is 10.6 Å².